The van der Waals surface area contributed by atoms with Gasteiger partial charge in [-0.2, -0.15) is 0 Å². The summed E-state index contributed by atoms with van der Waals surface area (Å²) < 4.78 is 24.2. The lowest BCUT2D eigenvalue weighted by Crippen LogP contribution is -3.13. The van der Waals surface area contributed by atoms with Crippen molar-refractivity contribution in [2.75, 3.05) is 14.1 Å². The van der Waals surface area contributed by atoms with E-state index >= 15 is 0 Å². The molecule has 0 radical (unpaired) electrons. The molecule has 0 unspecified atom stereocenters. The smallest absolute Gasteiger partial charge is 0.248 e. The number of benzene rings is 2. The van der Waals surface area contributed by atoms with E-state index < -0.39 is 10.0 Å². The molecule has 0 atom stereocenters. The maximum Gasteiger partial charge on any atom is 0.282 e. The van der Waals surface area contributed by atoms with Crippen molar-refractivity contribution in [3.8, 4) is 0 Å². The third-order valence-corrected chi connectivity index (χ3v) is 3.99. The van der Waals surface area contributed by atoms with Crippen molar-refractivity contribution >= 4 is 20.8 Å². The molecule has 0 fully saturated rings. The van der Waals surface area contributed by atoms with Gasteiger partial charge in [0.05, 0.1) is 19.0 Å². The van der Waals surface area contributed by atoms with E-state index in [-0.39, 0.29) is 0 Å². The molecule has 17 heavy (non-hydrogen) atoms. The van der Waals surface area contributed by atoms with Crippen molar-refractivity contribution in [3.05, 3.63) is 42.5 Å². The Hall–Kier alpha value is -1.43. The number of nitrogens with one attached hydrogen (secondary N) is 2. The Kier molecular flexibility index (Phi) is 3.15. The SMILES string of the molecule is C[NH+](C)NS(=O)(=O)c1cccc2ccccc12. The van der Waals surface area contributed by atoms with Crippen LogP contribution in [0.1, 0.15) is 0 Å². The second-order valence-electron chi connectivity index (χ2n) is 4.08. The summed E-state index contributed by atoms with van der Waals surface area (Å²) in [5, 5.41) is 2.31. The van der Waals surface area contributed by atoms with Gasteiger partial charge in [-0.15, -0.1) is 0 Å². The number of hydrogen-bond donors (Lipinski definition) is 2. The summed E-state index contributed by atoms with van der Waals surface area (Å²) in [6, 6.07) is 12.7. The van der Waals surface area contributed by atoms with Crippen molar-refractivity contribution in [1.29, 1.82) is 0 Å². The summed E-state index contributed by atoms with van der Waals surface area (Å²) in [4.78, 5) is 2.83. The summed E-state index contributed by atoms with van der Waals surface area (Å²) >= 11 is 0. The average molecular weight is 251 g/mol. The quantitative estimate of drug-likeness (QED) is 0.765. The Morgan fingerprint density at radius 1 is 1.00 bits per heavy atom. The van der Waals surface area contributed by atoms with Gasteiger partial charge in [-0.05, 0) is 11.5 Å². The van der Waals surface area contributed by atoms with Crippen LogP contribution < -0.4 is 9.84 Å². The standard InChI is InChI=1S/C12H14N2O2S/c1-14(2)13-17(15,16)12-9-5-7-10-6-3-4-8-11(10)12/h3-9,13H,1-2H3/p+1. The van der Waals surface area contributed by atoms with E-state index in [9.17, 15) is 8.42 Å². The molecule has 0 aromatic heterocycles. The third-order valence-electron chi connectivity index (χ3n) is 2.38. The highest BCUT2D eigenvalue weighted by Gasteiger charge is 2.19. The van der Waals surface area contributed by atoms with Crippen LogP contribution in [-0.4, -0.2) is 22.5 Å². The molecule has 2 rings (SSSR count). The summed E-state index contributed by atoms with van der Waals surface area (Å²) in [5.74, 6) is 0. The first-order valence-electron chi connectivity index (χ1n) is 5.31. The second kappa shape index (κ2) is 4.44. The third kappa shape index (κ3) is 2.46. The Balaban J connectivity index is 2.63. The number of sulfonamides is 1. The fourth-order valence-corrected chi connectivity index (χ4v) is 3.13. The molecule has 0 aliphatic rings. The molecular formula is C12H15N2O2S+. The Bertz CT molecular complexity index is 631. The molecule has 0 aliphatic heterocycles. The van der Waals surface area contributed by atoms with Gasteiger partial charge >= 0.3 is 0 Å². The van der Waals surface area contributed by atoms with E-state index in [1.807, 2.05) is 30.3 Å². The summed E-state index contributed by atoms with van der Waals surface area (Å²) in [7, 11) is -0.0234. The molecule has 0 spiro atoms. The lowest BCUT2D eigenvalue weighted by molar-refractivity contribution is -0.890. The van der Waals surface area contributed by atoms with Crippen LogP contribution in [0, 0.1) is 0 Å². The summed E-state index contributed by atoms with van der Waals surface area (Å²) in [5.41, 5.74) is 0. The zero-order valence-electron chi connectivity index (χ0n) is 9.77. The molecule has 0 aliphatic carbocycles. The van der Waals surface area contributed by atoms with Crippen LogP contribution in [0.25, 0.3) is 10.8 Å². The minimum absolute atomic E-state index is 0.316. The van der Waals surface area contributed by atoms with Crippen molar-refractivity contribution < 1.29 is 13.4 Å². The van der Waals surface area contributed by atoms with Gasteiger partial charge in [0, 0.05) is 5.39 Å². The predicted molar refractivity (Wildman–Crippen MR) is 67.1 cm³/mol. The monoisotopic (exact) mass is 251 g/mol. The van der Waals surface area contributed by atoms with Crippen LogP contribution in [0.15, 0.2) is 47.4 Å². The van der Waals surface area contributed by atoms with E-state index in [4.69, 9.17) is 0 Å². The molecular weight excluding hydrogens is 236 g/mol. The highest BCUT2D eigenvalue weighted by molar-refractivity contribution is 7.89. The molecule has 0 saturated carbocycles. The molecule has 0 heterocycles. The Morgan fingerprint density at radius 3 is 2.35 bits per heavy atom. The van der Waals surface area contributed by atoms with Crippen LogP contribution in [0.5, 0.6) is 0 Å². The molecule has 0 amide bonds. The van der Waals surface area contributed by atoms with Gasteiger partial charge in [-0.1, -0.05) is 41.2 Å². The normalized spacial score (nSPS) is 12.2. The zero-order valence-corrected chi connectivity index (χ0v) is 10.6. The van der Waals surface area contributed by atoms with Crippen LogP contribution in [0.3, 0.4) is 0 Å². The lowest BCUT2D eigenvalue weighted by atomic mass is 10.1. The van der Waals surface area contributed by atoms with Gasteiger partial charge in [0.25, 0.3) is 10.0 Å². The number of fused-ring (bicyclic) bond motifs is 1. The highest BCUT2D eigenvalue weighted by atomic mass is 32.2. The zero-order chi connectivity index (χ0) is 12.5. The van der Waals surface area contributed by atoms with Gasteiger partial charge in [0.1, 0.15) is 0 Å². The van der Waals surface area contributed by atoms with E-state index in [0.717, 1.165) is 10.8 Å². The summed E-state index contributed by atoms with van der Waals surface area (Å²) in [6.07, 6.45) is 0. The minimum atomic E-state index is -3.47. The van der Waals surface area contributed by atoms with Crippen molar-refractivity contribution in [2.24, 2.45) is 0 Å². The number of hydrogen-bond acceptors (Lipinski definition) is 2. The van der Waals surface area contributed by atoms with Crippen LogP contribution in [0.4, 0.5) is 0 Å². The van der Waals surface area contributed by atoms with E-state index in [2.05, 4.69) is 4.83 Å². The lowest BCUT2D eigenvalue weighted by Gasteiger charge is -2.11. The second-order valence-corrected chi connectivity index (χ2v) is 5.73. The van der Waals surface area contributed by atoms with Gasteiger partial charge in [-0.3, -0.25) is 0 Å². The van der Waals surface area contributed by atoms with E-state index in [1.54, 1.807) is 26.2 Å². The molecule has 90 valence electrons. The van der Waals surface area contributed by atoms with E-state index in [1.165, 1.54) is 0 Å². The molecule has 0 bridgehead atoms. The van der Waals surface area contributed by atoms with Gasteiger partial charge in [-0.25, -0.2) is 13.4 Å². The van der Waals surface area contributed by atoms with Gasteiger partial charge < -0.3 is 0 Å². The molecule has 0 saturated heterocycles. The maximum absolute atomic E-state index is 12.1. The number of quaternary nitrogens is 1. The van der Waals surface area contributed by atoms with Gasteiger partial charge in [0.2, 0.25) is 0 Å². The first-order valence-corrected chi connectivity index (χ1v) is 6.80. The largest absolute Gasteiger partial charge is 0.282 e. The highest BCUT2D eigenvalue weighted by Crippen LogP contribution is 2.21. The van der Waals surface area contributed by atoms with Gasteiger partial charge in [0.15, 0.2) is 0 Å². The number of rotatable bonds is 3. The molecule has 2 aromatic carbocycles. The Morgan fingerprint density at radius 2 is 1.65 bits per heavy atom. The first kappa shape index (κ1) is 12.0. The summed E-state index contributed by atoms with van der Waals surface area (Å²) in [6.45, 7) is 0. The van der Waals surface area contributed by atoms with Crippen molar-refractivity contribution in [1.82, 2.24) is 4.83 Å². The molecule has 4 nitrogen and oxygen atoms in total. The van der Waals surface area contributed by atoms with Crippen LogP contribution in [-0.2, 0) is 10.0 Å². The fraction of sp³-hybridized carbons (Fsp3) is 0.167. The average Bonchev–Trinajstić information content (AvgIpc) is 2.26. The molecule has 5 heteroatoms. The maximum atomic E-state index is 12.1. The van der Waals surface area contributed by atoms with Crippen LogP contribution >= 0.6 is 0 Å². The topological polar surface area (TPSA) is 50.6 Å². The van der Waals surface area contributed by atoms with Crippen molar-refractivity contribution in [2.45, 2.75) is 4.90 Å². The van der Waals surface area contributed by atoms with Crippen LogP contribution in [0.2, 0.25) is 0 Å². The molecule has 2 aromatic rings. The van der Waals surface area contributed by atoms with Crippen molar-refractivity contribution in [3.63, 3.8) is 0 Å². The fourth-order valence-electron chi connectivity index (χ4n) is 1.75. The Labute approximate surface area is 101 Å². The predicted octanol–water partition coefficient (Wildman–Crippen LogP) is 0.178. The molecule has 2 N–H and O–H groups in total. The first-order chi connectivity index (χ1) is 8.00. The minimum Gasteiger partial charge on any atom is -0.248 e. The van der Waals surface area contributed by atoms with E-state index in [0.29, 0.717) is 9.90 Å².